The average Bonchev–Trinajstić information content (AvgIpc) is 2.92. The van der Waals surface area contributed by atoms with Crippen LogP contribution in [0, 0.1) is 0 Å². The summed E-state index contributed by atoms with van der Waals surface area (Å²) in [7, 11) is -0.819. The number of halogens is 3. The molecule has 0 bridgehead atoms. The first-order valence-electron chi connectivity index (χ1n) is 10.7. The van der Waals surface area contributed by atoms with Crippen LogP contribution in [0.25, 0.3) is 0 Å². The Balaban J connectivity index is 1.92. The molecule has 2 aromatic rings. The van der Waals surface area contributed by atoms with Crippen LogP contribution in [-0.4, -0.2) is 35.7 Å². The zero-order valence-corrected chi connectivity index (χ0v) is 19.1. The Bertz CT molecular complexity index is 945. The molecule has 1 saturated heterocycles. The molecular weight excluding hydrogens is 418 g/mol. The van der Waals surface area contributed by atoms with E-state index in [9.17, 15) is 18.0 Å². The molecule has 4 nitrogen and oxygen atoms in total. The first kappa shape index (κ1) is 24.3. The van der Waals surface area contributed by atoms with Crippen LogP contribution in [0.4, 0.5) is 13.2 Å². The minimum absolute atomic E-state index is 0.0332. The molecule has 32 heavy (non-hydrogen) atoms. The number of carbonyl (C=O) groups excluding carboxylic acids is 1. The number of nitrogens with zero attached hydrogens (tertiary/aromatic N) is 1. The van der Waals surface area contributed by atoms with E-state index in [0.717, 1.165) is 17.7 Å². The van der Waals surface area contributed by atoms with Crippen molar-refractivity contribution in [1.29, 1.82) is 0 Å². The highest BCUT2D eigenvalue weighted by Crippen LogP contribution is 2.37. The Labute approximate surface area is 187 Å². The van der Waals surface area contributed by atoms with Crippen LogP contribution >= 0.6 is 0 Å². The summed E-state index contributed by atoms with van der Waals surface area (Å²) in [5.74, 6) is -0.210. The number of amides is 1. The Kier molecular flexibility index (Phi) is 6.77. The largest absolute Gasteiger partial charge is 0.495 e. The molecule has 1 amide bonds. The van der Waals surface area contributed by atoms with Gasteiger partial charge in [-0.25, -0.2) is 0 Å². The lowest BCUT2D eigenvalue weighted by molar-refractivity contribution is -0.137. The molecule has 1 heterocycles. The van der Waals surface area contributed by atoms with Gasteiger partial charge in [-0.1, -0.05) is 42.5 Å². The number of hydrogen-bond acceptors (Lipinski definition) is 3. The molecule has 3 rings (SSSR count). The van der Waals surface area contributed by atoms with Gasteiger partial charge < -0.3 is 14.2 Å². The van der Waals surface area contributed by atoms with E-state index >= 15 is 0 Å². The summed E-state index contributed by atoms with van der Waals surface area (Å²) in [5.41, 5.74) is -0.117. The highest BCUT2D eigenvalue weighted by Gasteiger charge is 2.52. The summed E-state index contributed by atoms with van der Waals surface area (Å²) in [6.07, 6.45) is -3.89. The normalized spacial score (nSPS) is 17.4. The first-order valence-corrected chi connectivity index (χ1v) is 10.7. The molecule has 0 aromatic heterocycles. The summed E-state index contributed by atoms with van der Waals surface area (Å²) in [6, 6.07) is 13.2. The van der Waals surface area contributed by atoms with Gasteiger partial charge in [0.15, 0.2) is 0 Å². The lowest BCUT2D eigenvalue weighted by Gasteiger charge is -2.32. The van der Waals surface area contributed by atoms with Crippen molar-refractivity contribution in [2.24, 2.45) is 0 Å². The SMILES string of the molecule is CC(=O)N(CCc1ccccc1)Cc1cc(C(F)(F)F)ccc1B1OC(C)(C)C(C)(C)O1. The maximum atomic E-state index is 13.4. The van der Waals surface area contributed by atoms with Crippen molar-refractivity contribution in [3.05, 3.63) is 65.2 Å². The Morgan fingerprint density at radius 3 is 2.12 bits per heavy atom. The van der Waals surface area contributed by atoms with Gasteiger partial charge in [0.05, 0.1) is 16.8 Å². The summed E-state index contributed by atoms with van der Waals surface area (Å²) < 4.78 is 52.5. The fraction of sp³-hybridized carbons (Fsp3) is 0.458. The summed E-state index contributed by atoms with van der Waals surface area (Å²) >= 11 is 0. The summed E-state index contributed by atoms with van der Waals surface area (Å²) in [4.78, 5) is 13.9. The smallest absolute Gasteiger partial charge is 0.399 e. The quantitative estimate of drug-likeness (QED) is 0.608. The van der Waals surface area contributed by atoms with Crippen LogP contribution in [0.15, 0.2) is 48.5 Å². The zero-order valence-electron chi connectivity index (χ0n) is 19.1. The molecule has 0 unspecified atom stereocenters. The molecule has 0 radical (unpaired) electrons. The number of hydrogen-bond donors (Lipinski definition) is 0. The van der Waals surface area contributed by atoms with Crippen molar-refractivity contribution in [1.82, 2.24) is 4.90 Å². The minimum Gasteiger partial charge on any atom is -0.399 e. The molecule has 0 atom stereocenters. The van der Waals surface area contributed by atoms with Crippen molar-refractivity contribution in [2.75, 3.05) is 6.54 Å². The fourth-order valence-corrected chi connectivity index (χ4v) is 3.58. The standard InChI is InChI=1S/C24H29BF3NO3/c1-17(30)29(14-13-18-9-7-6-8-10-18)16-19-15-20(24(26,27)28)11-12-21(19)25-31-22(2,3)23(4,5)32-25/h6-12,15H,13-14,16H2,1-5H3. The average molecular weight is 447 g/mol. The maximum Gasteiger partial charge on any atom is 0.495 e. The van der Waals surface area contributed by atoms with Crippen molar-refractivity contribution in [2.45, 2.75) is 65.0 Å². The predicted molar refractivity (Wildman–Crippen MR) is 118 cm³/mol. The van der Waals surface area contributed by atoms with Gasteiger partial charge in [-0.3, -0.25) is 4.79 Å². The van der Waals surface area contributed by atoms with E-state index in [-0.39, 0.29) is 12.5 Å². The van der Waals surface area contributed by atoms with E-state index in [1.54, 1.807) is 4.90 Å². The van der Waals surface area contributed by atoms with Crippen molar-refractivity contribution in [3.63, 3.8) is 0 Å². The molecule has 2 aromatic carbocycles. The second-order valence-corrected chi connectivity index (χ2v) is 9.18. The predicted octanol–water partition coefficient (Wildman–Crippen LogP) is 4.60. The zero-order chi connectivity index (χ0) is 23.7. The van der Waals surface area contributed by atoms with E-state index < -0.39 is 30.1 Å². The van der Waals surface area contributed by atoms with Gasteiger partial charge in [-0.05, 0) is 56.8 Å². The number of carbonyl (C=O) groups is 1. The Morgan fingerprint density at radius 1 is 1.00 bits per heavy atom. The third-order valence-electron chi connectivity index (χ3n) is 6.30. The Hall–Kier alpha value is -2.32. The summed E-state index contributed by atoms with van der Waals surface area (Å²) in [5, 5.41) is 0. The van der Waals surface area contributed by atoms with Crippen LogP contribution < -0.4 is 5.46 Å². The van der Waals surface area contributed by atoms with Gasteiger partial charge in [0.1, 0.15) is 0 Å². The van der Waals surface area contributed by atoms with E-state index in [4.69, 9.17) is 9.31 Å². The topological polar surface area (TPSA) is 38.8 Å². The monoisotopic (exact) mass is 447 g/mol. The van der Waals surface area contributed by atoms with Crippen molar-refractivity contribution in [3.8, 4) is 0 Å². The van der Waals surface area contributed by atoms with Crippen molar-refractivity contribution >= 4 is 18.5 Å². The molecule has 172 valence electrons. The fourth-order valence-electron chi connectivity index (χ4n) is 3.58. The molecule has 8 heteroatoms. The highest BCUT2D eigenvalue weighted by molar-refractivity contribution is 6.62. The highest BCUT2D eigenvalue weighted by atomic mass is 19.4. The molecule has 0 saturated carbocycles. The molecule has 0 aliphatic carbocycles. The van der Waals surface area contributed by atoms with E-state index in [2.05, 4.69) is 0 Å². The van der Waals surface area contributed by atoms with Gasteiger partial charge >= 0.3 is 13.3 Å². The van der Waals surface area contributed by atoms with Gasteiger partial charge in [0.2, 0.25) is 5.91 Å². The second kappa shape index (κ2) is 8.91. The van der Waals surface area contributed by atoms with E-state index in [1.807, 2.05) is 58.0 Å². The van der Waals surface area contributed by atoms with E-state index in [1.165, 1.54) is 13.0 Å². The second-order valence-electron chi connectivity index (χ2n) is 9.18. The Morgan fingerprint density at radius 2 is 1.59 bits per heavy atom. The van der Waals surface area contributed by atoms with Crippen molar-refractivity contribution < 1.29 is 27.3 Å². The molecule has 0 spiro atoms. The van der Waals surface area contributed by atoms with Gasteiger partial charge in [-0.2, -0.15) is 13.2 Å². The third-order valence-corrected chi connectivity index (χ3v) is 6.30. The maximum absolute atomic E-state index is 13.4. The van der Waals surface area contributed by atoms with Crippen LogP contribution in [0.5, 0.6) is 0 Å². The number of alkyl halides is 3. The number of benzene rings is 2. The van der Waals surface area contributed by atoms with Gasteiger partial charge in [0.25, 0.3) is 0 Å². The third kappa shape index (κ3) is 5.35. The lowest BCUT2D eigenvalue weighted by atomic mass is 9.75. The molecule has 1 aliphatic rings. The first-order chi connectivity index (χ1) is 14.8. The van der Waals surface area contributed by atoms with Crippen LogP contribution in [0.3, 0.4) is 0 Å². The van der Waals surface area contributed by atoms with Crippen LogP contribution in [0.1, 0.15) is 51.3 Å². The van der Waals surface area contributed by atoms with Gasteiger partial charge in [0, 0.05) is 20.0 Å². The van der Waals surface area contributed by atoms with Crippen LogP contribution in [-0.2, 0) is 33.2 Å². The molecule has 1 aliphatic heterocycles. The molecular formula is C24H29BF3NO3. The molecule has 0 N–H and O–H groups in total. The van der Waals surface area contributed by atoms with Gasteiger partial charge in [-0.15, -0.1) is 0 Å². The van der Waals surface area contributed by atoms with E-state index in [0.29, 0.717) is 24.0 Å². The van der Waals surface area contributed by atoms with Crippen LogP contribution in [0.2, 0.25) is 0 Å². The summed E-state index contributed by atoms with van der Waals surface area (Å²) in [6.45, 7) is 9.39. The minimum atomic E-state index is -4.49. The lowest BCUT2D eigenvalue weighted by Crippen LogP contribution is -2.41. The number of rotatable bonds is 6. The molecule has 1 fully saturated rings.